The van der Waals surface area contributed by atoms with E-state index in [9.17, 15) is 0 Å². The van der Waals surface area contributed by atoms with Gasteiger partial charge in [-0.3, -0.25) is 4.98 Å². The van der Waals surface area contributed by atoms with Crippen molar-refractivity contribution in [3.63, 3.8) is 0 Å². The predicted molar refractivity (Wildman–Crippen MR) is 108 cm³/mol. The van der Waals surface area contributed by atoms with Crippen molar-refractivity contribution in [1.82, 2.24) is 15.0 Å². The molecule has 0 bridgehead atoms. The Bertz CT molecular complexity index is 1040. The molecular formula is C21H19N5O. The topological polar surface area (TPSA) is 72.0 Å². The van der Waals surface area contributed by atoms with Crippen LogP contribution in [0.15, 0.2) is 73.2 Å². The summed E-state index contributed by atoms with van der Waals surface area (Å²) in [6.45, 7) is 2.61. The summed E-state index contributed by atoms with van der Waals surface area (Å²) in [4.78, 5) is 13.1. The van der Waals surface area contributed by atoms with Crippen molar-refractivity contribution in [1.29, 1.82) is 0 Å². The van der Waals surface area contributed by atoms with Gasteiger partial charge in [0.25, 0.3) is 0 Å². The third-order valence-corrected chi connectivity index (χ3v) is 4.00. The van der Waals surface area contributed by atoms with E-state index in [-0.39, 0.29) is 0 Å². The van der Waals surface area contributed by atoms with E-state index >= 15 is 0 Å². The number of para-hydroxylation sites is 1. The molecule has 0 unspecified atom stereocenters. The van der Waals surface area contributed by atoms with E-state index in [0.29, 0.717) is 18.2 Å². The molecule has 134 valence electrons. The summed E-state index contributed by atoms with van der Waals surface area (Å²) in [5.74, 6) is 2.23. The van der Waals surface area contributed by atoms with E-state index in [2.05, 4.69) is 25.6 Å². The van der Waals surface area contributed by atoms with Crippen LogP contribution in [-0.2, 0) is 0 Å². The van der Waals surface area contributed by atoms with Crippen LogP contribution in [0.5, 0.6) is 5.75 Å². The Morgan fingerprint density at radius 3 is 2.44 bits per heavy atom. The summed E-state index contributed by atoms with van der Waals surface area (Å²) in [6.07, 6.45) is 3.31. The van der Waals surface area contributed by atoms with Gasteiger partial charge >= 0.3 is 0 Å². The lowest BCUT2D eigenvalue weighted by Gasteiger charge is -2.10. The van der Waals surface area contributed by atoms with E-state index < -0.39 is 0 Å². The summed E-state index contributed by atoms with van der Waals surface area (Å²) in [7, 11) is 0. The second kappa shape index (κ2) is 7.70. The molecule has 27 heavy (non-hydrogen) atoms. The highest BCUT2D eigenvalue weighted by Crippen LogP contribution is 2.25. The Hall–Kier alpha value is -3.67. The zero-order valence-corrected chi connectivity index (χ0v) is 14.9. The summed E-state index contributed by atoms with van der Waals surface area (Å²) in [5, 5.41) is 7.67. The fourth-order valence-electron chi connectivity index (χ4n) is 2.79. The molecule has 4 aromatic rings. The van der Waals surface area contributed by atoms with Crippen molar-refractivity contribution in [2.24, 2.45) is 0 Å². The molecule has 0 aliphatic heterocycles. The zero-order valence-electron chi connectivity index (χ0n) is 14.9. The molecule has 0 radical (unpaired) electrons. The average molecular weight is 357 g/mol. The molecule has 2 N–H and O–H groups in total. The zero-order chi connectivity index (χ0) is 18.5. The van der Waals surface area contributed by atoms with Crippen molar-refractivity contribution in [2.45, 2.75) is 6.92 Å². The Morgan fingerprint density at radius 1 is 0.852 bits per heavy atom. The minimum atomic E-state index is 0.650. The average Bonchev–Trinajstić information content (AvgIpc) is 2.70. The molecule has 2 aromatic heterocycles. The number of benzene rings is 2. The highest BCUT2D eigenvalue weighted by Gasteiger charge is 2.05. The van der Waals surface area contributed by atoms with Gasteiger partial charge in [0.05, 0.1) is 17.8 Å². The molecule has 0 fully saturated rings. The first-order chi connectivity index (χ1) is 13.3. The maximum absolute atomic E-state index is 5.46. The van der Waals surface area contributed by atoms with E-state index in [0.717, 1.165) is 28.0 Å². The highest BCUT2D eigenvalue weighted by atomic mass is 16.5. The Morgan fingerprint density at radius 2 is 1.63 bits per heavy atom. The molecule has 4 rings (SSSR count). The molecule has 0 atom stereocenters. The minimum absolute atomic E-state index is 0.650. The van der Waals surface area contributed by atoms with Gasteiger partial charge in [-0.05, 0) is 43.3 Å². The maximum Gasteiger partial charge on any atom is 0.135 e. The van der Waals surface area contributed by atoms with Crippen LogP contribution in [0, 0.1) is 0 Å². The van der Waals surface area contributed by atoms with Gasteiger partial charge in [0.15, 0.2) is 0 Å². The quantitative estimate of drug-likeness (QED) is 0.511. The van der Waals surface area contributed by atoms with E-state index in [1.807, 2.05) is 67.6 Å². The monoisotopic (exact) mass is 357 g/mol. The van der Waals surface area contributed by atoms with E-state index in [1.54, 1.807) is 6.20 Å². The van der Waals surface area contributed by atoms with E-state index in [4.69, 9.17) is 4.74 Å². The SMILES string of the molecule is CCOc1ccc(Nc2cc(Nc3cccc4cccnc34)ncn2)cc1. The summed E-state index contributed by atoms with van der Waals surface area (Å²) in [5.41, 5.74) is 2.73. The van der Waals surface area contributed by atoms with Gasteiger partial charge in [0, 0.05) is 23.3 Å². The molecule has 0 amide bonds. The van der Waals surface area contributed by atoms with Gasteiger partial charge in [-0.2, -0.15) is 0 Å². The van der Waals surface area contributed by atoms with Crippen LogP contribution in [-0.4, -0.2) is 21.6 Å². The van der Waals surface area contributed by atoms with Gasteiger partial charge in [-0.15, -0.1) is 0 Å². The third-order valence-electron chi connectivity index (χ3n) is 4.00. The number of nitrogens with one attached hydrogen (secondary N) is 2. The van der Waals surface area contributed by atoms with Crippen LogP contribution in [0.1, 0.15) is 6.92 Å². The Kier molecular flexibility index (Phi) is 4.78. The van der Waals surface area contributed by atoms with Gasteiger partial charge < -0.3 is 15.4 Å². The van der Waals surface area contributed by atoms with Crippen LogP contribution in [0.3, 0.4) is 0 Å². The van der Waals surface area contributed by atoms with E-state index in [1.165, 1.54) is 6.33 Å². The molecule has 0 spiro atoms. The molecular weight excluding hydrogens is 338 g/mol. The number of anilines is 4. The number of aromatic nitrogens is 3. The molecule has 2 aromatic carbocycles. The number of nitrogens with zero attached hydrogens (tertiary/aromatic N) is 3. The minimum Gasteiger partial charge on any atom is -0.494 e. The lowest BCUT2D eigenvalue weighted by atomic mass is 10.2. The lowest BCUT2D eigenvalue weighted by Crippen LogP contribution is -1.99. The maximum atomic E-state index is 5.46. The number of fused-ring (bicyclic) bond motifs is 1. The van der Waals surface area contributed by atoms with Gasteiger partial charge in [0.1, 0.15) is 23.7 Å². The summed E-state index contributed by atoms with van der Waals surface area (Å²) in [6, 6.07) is 19.6. The van der Waals surface area contributed by atoms with Crippen molar-refractivity contribution in [3.8, 4) is 5.75 Å². The second-order valence-electron chi connectivity index (χ2n) is 5.88. The summed E-state index contributed by atoms with van der Waals surface area (Å²) >= 11 is 0. The highest BCUT2D eigenvalue weighted by molar-refractivity contribution is 5.91. The Balaban J connectivity index is 1.53. The largest absolute Gasteiger partial charge is 0.494 e. The van der Waals surface area contributed by atoms with Crippen molar-refractivity contribution in [2.75, 3.05) is 17.2 Å². The second-order valence-corrected chi connectivity index (χ2v) is 5.88. The number of ether oxygens (including phenoxy) is 1. The normalized spacial score (nSPS) is 10.6. The van der Waals surface area contributed by atoms with Crippen molar-refractivity contribution in [3.05, 3.63) is 73.2 Å². The fraction of sp³-hybridized carbons (Fsp3) is 0.0952. The van der Waals surface area contributed by atoms with Crippen LogP contribution in [0.4, 0.5) is 23.0 Å². The molecule has 0 aliphatic carbocycles. The number of rotatable bonds is 6. The molecule has 0 saturated carbocycles. The van der Waals surface area contributed by atoms with Crippen LogP contribution < -0.4 is 15.4 Å². The van der Waals surface area contributed by atoms with Crippen molar-refractivity contribution >= 4 is 33.9 Å². The molecule has 2 heterocycles. The molecule has 0 saturated heterocycles. The predicted octanol–water partition coefficient (Wildman–Crippen LogP) is 4.91. The molecule has 6 heteroatoms. The van der Waals surface area contributed by atoms with Gasteiger partial charge in [0.2, 0.25) is 0 Å². The lowest BCUT2D eigenvalue weighted by molar-refractivity contribution is 0.340. The van der Waals surface area contributed by atoms with Gasteiger partial charge in [-0.1, -0.05) is 18.2 Å². The third kappa shape index (κ3) is 3.95. The first-order valence-electron chi connectivity index (χ1n) is 8.74. The van der Waals surface area contributed by atoms with Gasteiger partial charge in [-0.25, -0.2) is 9.97 Å². The fourth-order valence-corrected chi connectivity index (χ4v) is 2.79. The number of hydrogen-bond acceptors (Lipinski definition) is 6. The summed E-state index contributed by atoms with van der Waals surface area (Å²) < 4.78 is 5.46. The molecule has 0 aliphatic rings. The van der Waals surface area contributed by atoms with Crippen LogP contribution in [0.2, 0.25) is 0 Å². The first-order valence-corrected chi connectivity index (χ1v) is 8.74. The number of hydrogen-bond donors (Lipinski definition) is 2. The van der Waals surface area contributed by atoms with Crippen LogP contribution in [0.25, 0.3) is 10.9 Å². The first kappa shape index (κ1) is 16.8. The smallest absolute Gasteiger partial charge is 0.135 e. The standard InChI is InChI=1S/C21H19N5O/c1-2-27-17-10-8-16(9-11-17)25-19-13-20(24-14-23-19)26-18-7-3-5-15-6-4-12-22-21(15)18/h3-14H,2H2,1H3,(H2,23,24,25,26). The number of pyridine rings is 1. The molecule has 6 nitrogen and oxygen atoms in total. The van der Waals surface area contributed by atoms with Crippen LogP contribution >= 0.6 is 0 Å². The Labute approximate surface area is 157 Å². The van der Waals surface area contributed by atoms with Crippen molar-refractivity contribution < 1.29 is 4.74 Å².